The third-order valence-electron chi connectivity index (χ3n) is 3.07. The smallest absolute Gasteiger partial charge is 0.270 e. The number of carbonyl (C=O) groups is 1. The molecule has 98 valence electrons. The van der Waals surface area contributed by atoms with E-state index in [-0.39, 0.29) is 5.91 Å². The second kappa shape index (κ2) is 5.03. The molecule has 2 heterocycles. The molecule has 2 N–H and O–H groups in total. The Morgan fingerprint density at radius 2 is 2.21 bits per heavy atom. The van der Waals surface area contributed by atoms with Crippen molar-refractivity contribution in [1.82, 2.24) is 4.98 Å². The fourth-order valence-corrected chi connectivity index (χ4v) is 3.60. The van der Waals surface area contributed by atoms with E-state index < -0.39 is 0 Å². The highest BCUT2D eigenvalue weighted by atomic mass is 79.9. The summed E-state index contributed by atoms with van der Waals surface area (Å²) in [6, 6.07) is 7.75. The number of rotatable bonds is 2. The molecule has 0 spiro atoms. The number of aromatic nitrogens is 1. The second-order valence-electron chi connectivity index (χ2n) is 4.25. The van der Waals surface area contributed by atoms with Crippen molar-refractivity contribution in [3.8, 4) is 0 Å². The molecule has 4 nitrogen and oxygen atoms in total. The highest BCUT2D eigenvalue weighted by Crippen LogP contribution is 2.32. The Hall–Kier alpha value is -1.24. The molecule has 2 aromatic rings. The Balaban J connectivity index is 2.00. The number of amides is 1. The summed E-state index contributed by atoms with van der Waals surface area (Å²) in [6.07, 6.45) is 0.777. The SMILES string of the molecule is NCc1nc2c(s1)C(=O)N(c1ccccc1Br)CC2. The van der Waals surface area contributed by atoms with E-state index in [0.29, 0.717) is 13.1 Å². The first kappa shape index (κ1) is 12.8. The first-order valence-electron chi connectivity index (χ1n) is 5.95. The standard InChI is InChI=1S/C13H12BrN3OS/c14-8-3-1-2-4-10(8)17-6-5-9-12(13(17)18)19-11(7-15)16-9/h1-4H,5-7,15H2. The number of fused-ring (bicyclic) bond motifs is 1. The molecule has 6 heteroatoms. The number of thiazole rings is 1. The Kier molecular flexibility index (Phi) is 3.38. The van der Waals surface area contributed by atoms with E-state index in [1.54, 1.807) is 4.90 Å². The average Bonchev–Trinajstić information content (AvgIpc) is 2.85. The zero-order chi connectivity index (χ0) is 13.4. The van der Waals surface area contributed by atoms with E-state index in [4.69, 9.17) is 5.73 Å². The maximum Gasteiger partial charge on any atom is 0.270 e. The van der Waals surface area contributed by atoms with Crippen molar-refractivity contribution in [3.05, 3.63) is 44.3 Å². The number of halogens is 1. The van der Waals surface area contributed by atoms with Crippen LogP contribution in [0.25, 0.3) is 0 Å². The number of para-hydroxylation sites is 1. The number of nitrogens with two attached hydrogens (primary N) is 1. The first-order valence-corrected chi connectivity index (χ1v) is 7.56. The summed E-state index contributed by atoms with van der Waals surface area (Å²) in [5, 5.41) is 0.826. The summed E-state index contributed by atoms with van der Waals surface area (Å²) < 4.78 is 0.926. The molecule has 0 fully saturated rings. The number of benzene rings is 1. The minimum Gasteiger partial charge on any atom is -0.325 e. The summed E-state index contributed by atoms with van der Waals surface area (Å²) in [5.74, 6) is 0.0188. The van der Waals surface area contributed by atoms with Gasteiger partial charge in [-0.1, -0.05) is 12.1 Å². The molecule has 0 aliphatic carbocycles. The lowest BCUT2D eigenvalue weighted by atomic mass is 10.1. The Morgan fingerprint density at radius 3 is 2.95 bits per heavy atom. The third kappa shape index (κ3) is 2.20. The van der Waals surface area contributed by atoms with Crippen molar-refractivity contribution in [2.75, 3.05) is 11.4 Å². The van der Waals surface area contributed by atoms with Crippen molar-refractivity contribution >= 4 is 38.9 Å². The van der Waals surface area contributed by atoms with Crippen LogP contribution in [0.3, 0.4) is 0 Å². The molecule has 3 rings (SSSR count). The van der Waals surface area contributed by atoms with Gasteiger partial charge in [0.15, 0.2) is 0 Å². The molecule has 1 aliphatic heterocycles. The number of hydrogen-bond acceptors (Lipinski definition) is 4. The van der Waals surface area contributed by atoms with Crippen LogP contribution in [0, 0.1) is 0 Å². The topological polar surface area (TPSA) is 59.2 Å². The van der Waals surface area contributed by atoms with Gasteiger partial charge in [0.25, 0.3) is 5.91 Å². The minimum absolute atomic E-state index is 0.0188. The van der Waals surface area contributed by atoms with E-state index in [1.165, 1.54) is 11.3 Å². The van der Waals surface area contributed by atoms with Gasteiger partial charge < -0.3 is 10.6 Å². The molecule has 19 heavy (non-hydrogen) atoms. The highest BCUT2D eigenvalue weighted by molar-refractivity contribution is 9.10. The van der Waals surface area contributed by atoms with Gasteiger partial charge >= 0.3 is 0 Å². The van der Waals surface area contributed by atoms with Crippen molar-refractivity contribution < 1.29 is 4.79 Å². The van der Waals surface area contributed by atoms with Crippen LogP contribution in [-0.4, -0.2) is 17.4 Å². The van der Waals surface area contributed by atoms with Crippen molar-refractivity contribution in [2.45, 2.75) is 13.0 Å². The van der Waals surface area contributed by atoms with Crippen LogP contribution in [0.1, 0.15) is 20.4 Å². The number of anilines is 1. The van der Waals surface area contributed by atoms with Gasteiger partial charge in [-0.15, -0.1) is 11.3 Å². The average molecular weight is 338 g/mol. The van der Waals surface area contributed by atoms with Crippen LogP contribution in [0.4, 0.5) is 5.69 Å². The van der Waals surface area contributed by atoms with Crippen LogP contribution in [0.15, 0.2) is 28.7 Å². The lowest BCUT2D eigenvalue weighted by Crippen LogP contribution is -2.37. The number of hydrogen-bond donors (Lipinski definition) is 1. The van der Waals surface area contributed by atoms with Crippen LogP contribution in [0.5, 0.6) is 0 Å². The van der Waals surface area contributed by atoms with Gasteiger partial charge in [-0.25, -0.2) is 4.98 Å². The van der Waals surface area contributed by atoms with Crippen LogP contribution < -0.4 is 10.6 Å². The zero-order valence-electron chi connectivity index (χ0n) is 10.1. The Labute approximate surface area is 123 Å². The lowest BCUT2D eigenvalue weighted by Gasteiger charge is -2.26. The van der Waals surface area contributed by atoms with E-state index in [9.17, 15) is 4.79 Å². The quantitative estimate of drug-likeness (QED) is 0.916. The second-order valence-corrected chi connectivity index (χ2v) is 6.18. The van der Waals surface area contributed by atoms with Gasteiger partial charge in [-0.05, 0) is 28.1 Å². The molecule has 0 unspecified atom stereocenters. The maximum absolute atomic E-state index is 12.5. The van der Waals surface area contributed by atoms with Gasteiger partial charge in [0.05, 0.1) is 11.4 Å². The van der Waals surface area contributed by atoms with Crippen molar-refractivity contribution in [3.63, 3.8) is 0 Å². The first-order chi connectivity index (χ1) is 9.20. The molecule has 1 aromatic heterocycles. The largest absolute Gasteiger partial charge is 0.325 e. The summed E-state index contributed by atoms with van der Waals surface area (Å²) in [6.45, 7) is 1.04. The molecule has 0 bridgehead atoms. The summed E-state index contributed by atoms with van der Waals surface area (Å²) >= 11 is 4.90. The van der Waals surface area contributed by atoms with Gasteiger partial charge in [-0.3, -0.25) is 4.79 Å². The predicted octanol–water partition coefficient (Wildman–Crippen LogP) is 2.57. The lowest BCUT2D eigenvalue weighted by molar-refractivity contribution is 0.0984. The van der Waals surface area contributed by atoms with Crippen LogP contribution in [0.2, 0.25) is 0 Å². The molecule has 1 aromatic carbocycles. The Morgan fingerprint density at radius 1 is 1.42 bits per heavy atom. The minimum atomic E-state index is 0.0188. The molecule has 0 saturated carbocycles. The fourth-order valence-electron chi connectivity index (χ4n) is 2.17. The third-order valence-corrected chi connectivity index (χ3v) is 4.85. The normalized spacial score (nSPS) is 14.6. The predicted molar refractivity (Wildman–Crippen MR) is 79.5 cm³/mol. The van der Waals surface area contributed by atoms with E-state index in [1.807, 2.05) is 24.3 Å². The highest BCUT2D eigenvalue weighted by Gasteiger charge is 2.29. The number of carbonyl (C=O) groups excluding carboxylic acids is 1. The zero-order valence-corrected chi connectivity index (χ0v) is 12.5. The molecule has 1 aliphatic rings. The van der Waals surface area contributed by atoms with Crippen molar-refractivity contribution in [2.24, 2.45) is 5.73 Å². The van der Waals surface area contributed by atoms with Gasteiger partial charge in [0.2, 0.25) is 0 Å². The molecule has 0 atom stereocenters. The molecule has 0 saturated heterocycles. The number of nitrogens with zero attached hydrogens (tertiary/aromatic N) is 2. The summed E-state index contributed by atoms with van der Waals surface area (Å²) in [7, 11) is 0. The summed E-state index contributed by atoms with van der Waals surface area (Å²) in [4.78, 5) is 19.5. The van der Waals surface area contributed by atoms with Gasteiger partial charge in [0, 0.05) is 24.0 Å². The summed E-state index contributed by atoms with van der Waals surface area (Å²) in [5.41, 5.74) is 7.38. The van der Waals surface area contributed by atoms with Crippen LogP contribution >= 0.6 is 27.3 Å². The fraction of sp³-hybridized carbons (Fsp3) is 0.231. The molecular weight excluding hydrogens is 326 g/mol. The maximum atomic E-state index is 12.5. The Bertz CT molecular complexity index is 641. The van der Waals surface area contributed by atoms with Gasteiger partial charge in [-0.2, -0.15) is 0 Å². The van der Waals surface area contributed by atoms with E-state index >= 15 is 0 Å². The van der Waals surface area contributed by atoms with Crippen LogP contribution in [-0.2, 0) is 13.0 Å². The molecular formula is C13H12BrN3OS. The van der Waals surface area contributed by atoms with Gasteiger partial charge in [0.1, 0.15) is 9.88 Å². The molecule has 0 radical (unpaired) electrons. The van der Waals surface area contributed by atoms with Crippen molar-refractivity contribution in [1.29, 1.82) is 0 Å². The van der Waals surface area contributed by atoms with E-state index in [2.05, 4.69) is 20.9 Å². The molecule has 1 amide bonds. The monoisotopic (exact) mass is 337 g/mol. The van der Waals surface area contributed by atoms with E-state index in [0.717, 1.165) is 32.2 Å².